The van der Waals surface area contributed by atoms with E-state index in [2.05, 4.69) is 4.40 Å². The molecule has 1 aromatic rings. The third kappa shape index (κ3) is 4.15. The maximum atomic E-state index is 12.0. The molecule has 0 aromatic heterocycles. The molecule has 100 valence electrons. The summed E-state index contributed by atoms with van der Waals surface area (Å²) in [4.78, 5) is -0.136. The molecule has 0 aliphatic rings. The molecular formula is C11H13Cl2NO3S. The van der Waals surface area contributed by atoms with Gasteiger partial charge in [-0.15, -0.1) is 4.40 Å². The van der Waals surface area contributed by atoms with E-state index in [0.717, 1.165) is 0 Å². The first kappa shape index (κ1) is 15.3. The van der Waals surface area contributed by atoms with E-state index < -0.39 is 10.0 Å². The molecule has 1 rings (SSSR count). The van der Waals surface area contributed by atoms with Crippen LogP contribution in [-0.4, -0.2) is 20.4 Å². The minimum Gasteiger partial charge on any atom is -0.478 e. The minimum absolute atomic E-state index is 0.0565. The molecule has 0 N–H and O–H groups in total. The van der Waals surface area contributed by atoms with Crippen molar-refractivity contribution in [1.29, 1.82) is 0 Å². The van der Waals surface area contributed by atoms with Gasteiger partial charge in [0.05, 0.1) is 11.1 Å². The molecule has 1 aromatic carbocycles. The summed E-state index contributed by atoms with van der Waals surface area (Å²) >= 11 is 11.6. The van der Waals surface area contributed by atoms with E-state index in [0.29, 0.717) is 0 Å². The molecule has 0 spiro atoms. The molecule has 0 saturated carbocycles. The first-order valence-corrected chi connectivity index (χ1v) is 7.35. The zero-order valence-electron chi connectivity index (χ0n) is 10.1. The van der Waals surface area contributed by atoms with E-state index in [4.69, 9.17) is 27.9 Å². The highest BCUT2D eigenvalue weighted by atomic mass is 35.5. The smallest absolute Gasteiger partial charge is 0.286 e. The van der Waals surface area contributed by atoms with Crippen LogP contribution in [0.25, 0.3) is 0 Å². The third-order valence-corrected chi connectivity index (χ3v) is 3.89. The van der Waals surface area contributed by atoms with Crippen molar-refractivity contribution in [3.63, 3.8) is 0 Å². The molecule has 0 fully saturated rings. The summed E-state index contributed by atoms with van der Waals surface area (Å²) in [5, 5.41) is 0.344. The Bertz CT molecular complexity index is 568. The zero-order valence-corrected chi connectivity index (χ0v) is 12.5. The van der Waals surface area contributed by atoms with Crippen molar-refractivity contribution in [2.45, 2.75) is 31.8 Å². The van der Waals surface area contributed by atoms with E-state index in [1.54, 1.807) is 13.8 Å². The second-order valence-corrected chi connectivity index (χ2v) is 6.24. The van der Waals surface area contributed by atoms with Crippen LogP contribution in [0.1, 0.15) is 20.8 Å². The van der Waals surface area contributed by atoms with Crippen LogP contribution in [0.15, 0.2) is 27.5 Å². The number of halogens is 2. The average Bonchev–Trinajstić information content (AvgIpc) is 2.19. The first-order valence-electron chi connectivity index (χ1n) is 5.15. The van der Waals surface area contributed by atoms with Crippen molar-refractivity contribution in [3.05, 3.63) is 28.2 Å². The van der Waals surface area contributed by atoms with Gasteiger partial charge in [0.25, 0.3) is 10.0 Å². The van der Waals surface area contributed by atoms with Crippen LogP contribution in [-0.2, 0) is 14.8 Å². The van der Waals surface area contributed by atoms with Crippen LogP contribution in [0.3, 0.4) is 0 Å². The molecule has 0 saturated heterocycles. The fourth-order valence-corrected chi connectivity index (χ4v) is 2.97. The molecule has 0 heterocycles. The van der Waals surface area contributed by atoms with Gasteiger partial charge in [0.1, 0.15) is 4.90 Å². The lowest BCUT2D eigenvalue weighted by Gasteiger charge is -2.09. The van der Waals surface area contributed by atoms with Crippen molar-refractivity contribution in [2.75, 3.05) is 0 Å². The number of nitrogens with zero attached hydrogens (tertiary/aromatic N) is 1. The number of hydrogen-bond acceptors (Lipinski definition) is 3. The summed E-state index contributed by atoms with van der Waals surface area (Å²) in [6.07, 6.45) is -0.154. The number of ether oxygens (including phenoxy) is 1. The molecule has 0 bridgehead atoms. The van der Waals surface area contributed by atoms with Crippen molar-refractivity contribution in [1.82, 2.24) is 0 Å². The minimum atomic E-state index is -3.91. The highest BCUT2D eigenvalue weighted by Gasteiger charge is 2.18. The van der Waals surface area contributed by atoms with Gasteiger partial charge in [-0.2, -0.15) is 8.42 Å². The van der Waals surface area contributed by atoms with Gasteiger partial charge in [-0.3, -0.25) is 0 Å². The summed E-state index contributed by atoms with van der Waals surface area (Å²) in [6.45, 7) is 5.02. The van der Waals surface area contributed by atoms with Gasteiger partial charge in [0.15, 0.2) is 5.90 Å². The van der Waals surface area contributed by atoms with Crippen LogP contribution in [0.5, 0.6) is 0 Å². The summed E-state index contributed by atoms with van der Waals surface area (Å²) in [7, 11) is -3.91. The molecule has 0 aliphatic carbocycles. The topological polar surface area (TPSA) is 55.7 Å². The Balaban J connectivity index is 3.18. The van der Waals surface area contributed by atoms with Gasteiger partial charge in [0.2, 0.25) is 0 Å². The maximum Gasteiger partial charge on any atom is 0.286 e. The van der Waals surface area contributed by atoms with E-state index in [9.17, 15) is 8.42 Å². The summed E-state index contributed by atoms with van der Waals surface area (Å²) in [5.41, 5.74) is 0. The summed E-state index contributed by atoms with van der Waals surface area (Å²) in [6, 6.07) is 4.17. The molecule has 0 unspecified atom stereocenters. The predicted octanol–water partition coefficient (Wildman–Crippen LogP) is 3.53. The van der Waals surface area contributed by atoms with Gasteiger partial charge in [0, 0.05) is 11.9 Å². The molecule has 0 aliphatic heterocycles. The van der Waals surface area contributed by atoms with Crippen molar-refractivity contribution < 1.29 is 13.2 Å². The van der Waals surface area contributed by atoms with Gasteiger partial charge in [-0.25, -0.2) is 0 Å². The van der Waals surface area contributed by atoms with Gasteiger partial charge in [-0.1, -0.05) is 23.2 Å². The molecule has 18 heavy (non-hydrogen) atoms. The summed E-state index contributed by atoms with van der Waals surface area (Å²) in [5.74, 6) is 0.0565. The van der Waals surface area contributed by atoms with E-state index in [1.807, 2.05) is 0 Å². The Morgan fingerprint density at radius 2 is 1.94 bits per heavy atom. The van der Waals surface area contributed by atoms with Crippen LogP contribution >= 0.6 is 23.2 Å². The largest absolute Gasteiger partial charge is 0.478 e. The lowest BCUT2D eigenvalue weighted by atomic mass is 10.4. The van der Waals surface area contributed by atoms with E-state index in [1.165, 1.54) is 25.1 Å². The van der Waals surface area contributed by atoms with Crippen LogP contribution < -0.4 is 0 Å². The lowest BCUT2D eigenvalue weighted by Crippen LogP contribution is -2.11. The standard InChI is InChI=1S/C11H13Cl2NO3S/c1-7(2)17-8(3)14-18(15,16)11-6-9(12)4-5-10(11)13/h4-7H,1-3H3/b14-8-. The molecular weight excluding hydrogens is 297 g/mol. The Hall–Kier alpha value is -0.780. The Morgan fingerprint density at radius 1 is 1.33 bits per heavy atom. The molecule has 4 nitrogen and oxygen atoms in total. The van der Waals surface area contributed by atoms with Crippen LogP contribution in [0.2, 0.25) is 10.0 Å². The quantitative estimate of drug-likeness (QED) is 0.634. The molecule has 0 amide bonds. The fraction of sp³-hybridized carbons (Fsp3) is 0.364. The Morgan fingerprint density at radius 3 is 2.50 bits per heavy atom. The Labute approximate surface area is 117 Å². The van der Waals surface area contributed by atoms with Gasteiger partial charge in [-0.05, 0) is 32.0 Å². The Kier molecular flexibility index (Phi) is 5.01. The number of rotatable bonds is 3. The molecule has 0 radical (unpaired) electrons. The van der Waals surface area contributed by atoms with E-state index in [-0.39, 0.29) is 26.9 Å². The lowest BCUT2D eigenvalue weighted by molar-refractivity contribution is 0.227. The van der Waals surface area contributed by atoms with Crippen LogP contribution in [0.4, 0.5) is 0 Å². The number of hydrogen-bond donors (Lipinski definition) is 0. The fourth-order valence-electron chi connectivity index (χ4n) is 1.26. The van der Waals surface area contributed by atoms with Crippen molar-refractivity contribution in [2.24, 2.45) is 4.40 Å². The first-order chi connectivity index (χ1) is 8.22. The SMILES string of the molecule is C/C(=N/S(=O)(=O)c1cc(Cl)ccc1Cl)OC(C)C. The number of sulfonamides is 1. The molecule has 0 atom stereocenters. The predicted molar refractivity (Wildman–Crippen MR) is 73.0 cm³/mol. The van der Waals surface area contributed by atoms with Crippen molar-refractivity contribution in [3.8, 4) is 0 Å². The maximum absolute atomic E-state index is 12.0. The van der Waals surface area contributed by atoms with Crippen LogP contribution in [0, 0.1) is 0 Å². The van der Waals surface area contributed by atoms with Gasteiger partial charge >= 0.3 is 0 Å². The average molecular weight is 310 g/mol. The van der Waals surface area contributed by atoms with Crippen molar-refractivity contribution >= 4 is 39.1 Å². The summed E-state index contributed by atoms with van der Waals surface area (Å²) < 4.78 is 32.7. The van der Waals surface area contributed by atoms with Gasteiger partial charge < -0.3 is 4.74 Å². The zero-order chi connectivity index (χ0) is 13.9. The highest BCUT2D eigenvalue weighted by Crippen LogP contribution is 2.26. The second-order valence-electron chi connectivity index (χ2n) is 3.83. The van der Waals surface area contributed by atoms with E-state index >= 15 is 0 Å². The third-order valence-electron chi connectivity index (χ3n) is 1.83. The highest BCUT2D eigenvalue weighted by molar-refractivity contribution is 7.90. The number of benzene rings is 1. The molecule has 7 heteroatoms. The monoisotopic (exact) mass is 309 g/mol. The normalized spacial score (nSPS) is 12.9. The second kappa shape index (κ2) is 5.91.